The summed E-state index contributed by atoms with van der Waals surface area (Å²) in [6, 6.07) is 7.01. The number of thiophene rings is 1. The lowest BCUT2D eigenvalue weighted by atomic mass is 10.1. The van der Waals surface area contributed by atoms with E-state index < -0.39 is 30.4 Å². The molecular formula is C24H26N2O7S. The lowest BCUT2D eigenvalue weighted by Crippen LogP contribution is -2.28. The van der Waals surface area contributed by atoms with Gasteiger partial charge in [0.2, 0.25) is 5.91 Å². The van der Waals surface area contributed by atoms with Crippen molar-refractivity contribution in [1.29, 1.82) is 0 Å². The van der Waals surface area contributed by atoms with E-state index in [9.17, 15) is 19.2 Å². The van der Waals surface area contributed by atoms with Gasteiger partial charge in [-0.25, -0.2) is 4.79 Å². The number of hydrogen-bond donors (Lipinski definition) is 1. The van der Waals surface area contributed by atoms with Gasteiger partial charge in [-0.05, 0) is 48.8 Å². The molecule has 2 aromatic rings. The fourth-order valence-corrected chi connectivity index (χ4v) is 4.93. The molecule has 2 fully saturated rings. The minimum Gasteiger partial charge on any atom is -0.497 e. The molecule has 10 heteroatoms. The van der Waals surface area contributed by atoms with Crippen LogP contribution in [0.1, 0.15) is 48.0 Å². The number of esters is 2. The minimum absolute atomic E-state index is 0.000339. The summed E-state index contributed by atoms with van der Waals surface area (Å²) in [7, 11) is 1.54. The standard InChI is InChI=1S/C24H26N2O7S/c1-3-32-24(30)21-18(14-7-8-14)13-34-22(21)25-19(27)12-33-23(29)15-9-20(28)26(11-15)16-5-4-6-17(10-16)31-2/h4-6,10,13-15H,3,7-9,11-12H2,1-2H3,(H,25,27). The number of methoxy groups -OCH3 is 1. The third-order valence-corrected chi connectivity index (χ3v) is 6.65. The van der Waals surface area contributed by atoms with Gasteiger partial charge in [-0.1, -0.05) is 6.07 Å². The average molecular weight is 487 g/mol. The predicted molar refractivity (Wildman–Crippen MR) is 125 cm³/mol. The van der Waals surface area contributed by atoms with E-state index in [1.807, 2.05) is 5.38 Å². The van der Waals surface area contributed by atoms with Crippen LogP contribution in [0.4, 0.5) is 10.7 Å². The van der Waals surface area contributed by atoms with Gasteiger partial charge in [0, 0.05) is 24.7 Å². The number of amides is 2. The quantitative estimate of drug-likeness (QED) is 0.541. The topological polar surface area (TPSA) is 111 Å². The number of anilines is 2. The van der Waals surface area contributed by atoms with Gasteiger partial charge in [-0.2, -0.15) is 0 Å². The monoisotopic (exact) mass is 486 g/mol. The second-order valence-electron chi connectivity index (χ2n) is 8.15. The molecule has 1 saturated heterocycles. The Hall–Kier alpha value is -3.40. The van der Waals surface area contributed by atoms with E-state index in [0.717, 1.165) is 18.4 Å². The van der Waals surface area contributed by atoms with Gasteiger partial charge in [0.15, 0.2) is 6.61 Å². The number of rotatable bonds is 9. The molecule has 1 unspecified atom stereocenters. The van der Waals surface area contributed by atoms with Crippen molar-refractivity contribution < 1.29 is 33.4 Å². The molecule has 2 amide bonds. The Labute approximate surface area is 201 Å². The molecule has 4 rings (SSSR count). The normalized spacial score (nSPS) is 17.4. The molecule has 1 atom stereocenters. The Balaban J connectivity index is 1.33. The van der Waals surface area contributed by atoms with E-state index in [0.29, 0.717) is 27.9 Å². The zero-order valence-electron chi connectivity index (χ0n) is 19.0. The highest BCUT2D eigenvalue weighted by Gasteiger charge is 2.37. The van der Waals surface area contributed by atoms with Crippen LogP contribution in [0.5, 0.6) is 5.75 Å². The number of ether oxygens (including phenoxy) is 3. The largest absolute Gasteiger partial charge is 0.497 e. The third kappa shape index (κ3) is 5.22. The maximum atomic E-state index is 12.5. The van der Waals surface area contributed by atoms with Crippen molar-refractivity contribution in [2.75, 3.05) is 37.1 Å². The average Bonchev–Trinajstić information content (AvgIpc) is 3.48. The number of nitrogens with zero attached hydrogens (tertiary/aromatic N) is 1. The predicted octanol–water partition coefficient (Wildman–Crippen LogP) is 3.35. The van der Waals surface area contributed by atoms with E-state index in [1.54, 1.807) is 31.2 Å². The summed E-state index contributed by atoms with van der Waals surface area (Å²) in [5.41, 5.74) is 1.90. The molecule has 2 heterocycles. The first-order valence-corrected chi connectivity index (χ1v) is 12.0. The molecule has 180 valence electrons. The van der Waals surface area contributed by atoms with Crippen LogP contribution in [0.3, 0.4) is 0 Å². The Kier molecular flexibility index (Phi) is 7.16. The summed E-state index contributed by atoms with van der Waals surface area (Å²) < 4.78 is 15.5. The van der Waals surface area contributed by atoms with E-state index in [-0.39, 0.29) is 25.5 Å². The molecule has 1 N–H and O–H groups in total. The smallest absolute Gasteiger partial charge is 0.341 e. The first kappa shape index (κ1) is 23.7. The van der Waals surface area contributed by atoms with Crippen LogP contribution in [0.15, 0.2) is 29.6 Å². The molecule has 1 aliphatic carbocycles. The highest BCUT2D eigenvalue weighted by Crippen LogP contribution is 2.46. The van der Waals surface area contributed by atoms with Gasteiger partial charge in [0.1, 0.15) is 10.8 Å². The lowest BCUT2D eigenvalue weighted by molar-refractivity contribution is -0.151. The summed E-state index contributed by atoms with van der Waals surface area (Å²) in [5, 5.41) is 4.92. The Morgan fingerprint density at radius 1 is 1.21 bits per heavy atom. The molecule has 34 heavy (non-hydrogen) atoms. The Morgan fingerprint density at radius 3 is 2.71 bits per heavy atom. The SMILES string of the molecule is CCOC(=O)c1c(C2CC2)csc1NC(=O)COC(=O)C1CC(=O)N(c2cccc(OC)c2)C1. The van der Waals surface area contributed by atoms with Crippen LogP contribution in [-0.4, -0.2) is 50.6 Å². The van der Waals surface area contributed by atoms with Gasteiger partial charge in [-0.3, -0.25) is 14.4 Å². The van der Waals surface area contributed by atoms with Crippen molar-refractivity contribution in [1.82, 2.24) is 0 Å². The molecule has 1 saturated carbocycles. The summed E-state index contributed by atoms with van der Waals surface area (Å²) in [4.78, 5) is 51.4. The van der Waals surface area contributed by atoms with Gasteiger partial charge in [0.25, 0.3) is 5.91 Å². The Morgan fingerprint density at radius 2 is 2.00 bits per heavy atom. The van der Waals surface area contributed by atoms with Crippen LogP contribution >= 0.6 is 11.3 Å². The zero-order valence-corrected chi connectivity index (χ0v) is 19.8. The van der Waals surface area contributed by atoms with E-state index >= 15 is 0 Å². The fourth-order valence-electron chi connectivity index (χ4n) is 3.88. The highest BCUT2D eigenvalue weighted by atomic mass is 32.1. The molecule has 1 aromatic heterocycles. The summed E-state index contributed by atoms with van der Waals surface area (Å²) in [6.07, 6.45) is 2.00. The van der Waals surface area contributed by atoms with Gasteiger partial charge >= 0.3 is 11.9 Å². The van der Waals surface area contributed by atoms with E-state index in [2.05, 4.69) is 5.32 Å². The van der Waals surface area contributed by atoms with Gasteiger partial charge < -0.3 is 24.4 Å². The fraction of sp³-hybridized carbons (Fsp3) is 0.417. The van der Waals surface area contributed by atoms with E-state index in [4.69, 9.17) is 14.2 Å². The molecule has 2 aliphatic rings. The summed E-state index contributed by atoms with van der Waals surface area (Å²) >= 11 is 1.25. The van der Waals surface area contributed by atoms with Crippen LogP contribution in [-0.2, 0) is 23.9 Å². The maximum absolute atomic E-state index is 12.5. The van der Waals surface area contributed by atoms with Crippen molar-refractivity contribution in [3.63, 3.8) is 0 Å². The number of benzene rings is 1. The molecule has 0 radical (unpaired) electrons. The molecule has 9 nitrogen and oxygen atoms in total. The van der Waals surface area contributed by atoms with Gasteiger partial charge in [0.05, 0.1) is 25.2 Å². The third-order valence-electron chi connectivity index (χ3n) is 5.74. The lowest BCUT2D eigenvalue weighted by Gasteiger charge is -2.17. The number of carbonyl (C=O) groups is 4. The van der Waals surface area contributed by atoms with Crippen LogP contribution in [0, 0.1) is 5.92 Å². The van der Waals surface area contributed by atoms with Crippen molar-refractivity contribution >= 4 is 45.8 Å². The Bertz CT molecular complexity index is 1110. The molecule has 1 aliphatic heterocycles. The van der Waals surface area contributed by atoms with Crippen molar-refractivity contribution in [3.05, 3.63) is 40.8 Å². The summed E-state index contributed by atoms with van der Waals surface area (Å²) in [6.45, 7) is 1.61. The van der Waals surface area contributed by atoms with Crippen LogP contribution in [0.25, 0.3) is 0 Å². The molecular weight excluding hydrogens is 460 g/mol. The maximum Gasteiger partial charge on any atom is 0.341 e. The van der Waals surface area contributed by atoms with E-state index in [1.165, 1.54) is 23.3 Å². The van der Waals surface area contributed by atoms with Crippen LogP contribution in [0.2, 0.25) is 0 Å². The first-order chi connectivity index (χ1) is 16.4. The second kappa shape index (κ2) is 10.3. The van der Waals surface area contributed by atoms with Crippen molar-refractivity contribution in [3.8, 4) is 5.75 Å². The molecule has 0 spiro atoms. The zero-order chi connectivity index (χ0) is 24.2. The van der Waals surface area contributed by atoms with Gasteiger partial charge in [-0.15, -0.1) is 11.3 Å². The first-order valence-electron chi connectivity index (χ1n) is 11.1. The number of hydrogen-bond acceptors (Lipinski definition) is 8. The summed E-state index contributed by atoms with van der Waals surface area (Å²) in [5.74, 6) is -1.61. The van der Waals surface area contributed by atoms with Crippen LogP contribution < -0.4 is 15.0 Å². The highest BCUT2D eigenvalue weighted by molar-refractivity contribution is 7.15. The van der Waals surface area contributed by atoms with Crippen molar-refractivity contribution in [2.24, 2.45) is 5.92 Å². The molecule has 0 bridgehead atoms. The number of nitrogens with one attached hydrogen (secondary N) is 1. The minimum atomic E-state index is -0.676. The second-order valence-corrected chi connectivity index (χ2v) is 9.03. The van der Waals surface area contributed by atoms with Crippen molar-refractivity contribution in [2.45, 2.75) is 32.1 Å². The molecule has 1 aromatic carbocycles. The number of carbonyl (C=O) groups excluding carboxylic acids is 4.